The van der Waals surface area contributed by atoms with E-state index in [0.29, 0.717) is 17.0 Å². The van der Waals surface area contributed by atoms with Gasteiger partial charge in [-0.25, -0.2) is 0 Å². The van der Waals surface area contributed by atoms with Gasteiger partial charge in [0.25, 0.3) is 5.91 Å². The SMILES string of the molecule is CC(=O)Oc1ccc(/C=C(\C#N)C(=O)Nc2ccccc2)cc1. The van der Waals surface area contributed by atoms with Crippen LogP contribution in [0, 0.1) is 11.3 Å². The van der Waals surface area contributed by atoms with E-state index in [0.717, 1.165) is 0 Å². The summed E-state index contributed by atoms with van der Waals surface area (Å²) >= 11 is 0. The summed E-state index contributed by atoms with van der Waals surface area (Å²) in [4.78, 5) is 22.9. The van der Waals surface area contributed by atoms with Crippen molar-refractivity contribution in [2.75, 3.05) is 5.32 Å². The predicted octanol–water partition coefficient (Wildman–Crippen LogP) is 3.16. The zero-order valence-corrected chi connectivity index (χ0v) is 12.4. The average Bonchev–Trinajstić information content (AvgIpc) is 2.54. The Kier molecular flexibility index (Phi) is 5.26. The quantitative estimate of drug-likeness (QED) is 0.407. The number of carbonyl (C=O) groups is 2. The molecule has 0 aliphatic heterocycles. The highest BCUT2D eigenvalue weighted by atomic mass is 16.5. The van der Waals surface area contributed by atoms with Crippen LogP contribution in [0.15, 0.2) is 60.2 Å². The number of hydrogen-bond acceptors (Lipinski definition) is 4. The normalized spacial score (nSPS) is 10.5. The number of amides is 1. The summed E-state index contributed by atoms with van der Waals surface area (Å²) in [6.45, 7) is 1.31. The number of esters is 1. The lowest BCUT2D eigenvalue weighted by atomic mass is 10.1. The van der Waals surface area contributed by atoms with Crippen molar-refractivity contribution in [3.8, 4) is 11.8 Å². The molecule has 23 heavy (non-hydrogen) atoms. The summed E-state index contributed by atoms with van der Waals surface area (Å²) in [5.41, 5.74) is 1.25. The second-order valence-electron chi connectivity index (χ2n) is 4.65. The molecule has 0 aliphatic rings. The van der Waals surface area contributed by atoms with Crippen LogP contribution >= 0.6 is 0 Å². The van der Waals surface area contributed by atoms with Gasteiger partial charge in [-0.05, 0) is 35.9 Å². The molecular formula is C18H14N2O3. The number of para-hydroxylation sites is 1. The second kappa shape index (κ2) is 7.57. The fraction of sp³-hybridized carbons (Fsp3) is 0.0556. The molecule has 0 aliphatic carbocycles. The monoisotopic (exact) mass is 306 g/mol. The van der Waals surface area contributed by atoms with E-state index < -0.39 is 11.9 Å². The van der Waals surface area contributed by atoms with Crippen LogP contribution < -0.4 is 10.1 Å². The number of nitriles is 1. The summed E-state index contributed by atoms with van der Waals surface area (Å²) in [5, 5.41) is 11.8. The molecule has 0 radical (unpaired) electrons. The molecule has 0 saturated heterocycles. The lowest BCUT2D eigenvalue weighted by Crippen LogP contribution is -2.13. The number of anilines is 1. The summed E-state index contributed by atoms with van der Waals surface area (Å²) in [6, 6.07) is 17.3. The molecule has 0 heterocycles. The molecule has 0 spiro atoms. The molecule has 2 aromatic rings. The molecule has 0 bridgehead atoms. The van der Waals surface area contributed by atoms with E-state index in [1.807, 2.05) is 12.1 Å². The number of nitrogens with one attached hydrogen (secondary N) is 1. The average molecular weight is 306 g/mol. The van der Waals surface area contributed by atoms with Crippen LogP contribution in [0.5, 0.6) is 5.75 Å². The Morgan fingerprint density at radius 3 is 2.30 bits per heavy atom. The molecule has 5 nitrogen and oxygen atoms in total. The van der Waals surface area contributed by atoms with Crippen molar-refractivity contribution in [2.45, 2.75) is 6.92 Å². The Morgan fingerprint density at radius 1 is 1.09 bits per heavy atom. The zero-order valence-electron chi connectivity index (χ0n) is 12.4. The Hall–Kier alpha value is -3.39. The van der Waals surface area contributed by atoms with Gasteiger partial charge in [0.15, 0.2) is 0 Å². The molecule has 114 valence electrons. The third kappa shape index (κ3) is 4.83. The van der Waals surface area contributed by atoms with E-state index in [9.17, 15) is 9.59 Å². The zero-order chi connectivity index (χ0) is 16.7. The molecule has 1 amide bonds. The molecular weight excluding hydrogens is 292 g/mol. The topological polar surface area (TPSA) is 79.2 Å². The Bertz CT molecular complexity index is 772. The predicted molar refractivity (Wildman–Crippen MR) is 86.4 cm³/mol. The summed E-state index contributed by atoms with van der Waals surface area (Å²) in [7, 11) is 0. The van der Waals surface area contributed by atoms with Crippen molar-refractivity contribution in [3.05, 3.63) is 65.7 Å². The fourth-order valence-corrected chi connectivity index (χ4v) is 1.83. The molecule has 0 fully saturated rings. The second-order valence-corrected chi connectivity index (χ2v) is 4.65. The number of rotatable bonds is 4. The number of benzene rings is 2. The Morgan fingerprint density at radius 2 is 1.74 bits per heavy atom. The van der Waals surface area contributed by atoms with Gasteiger partial charge in [-0.1, -0.05) is 30.3 Å². The first-order chi connectivity index (χ1) is 11.1. The first-order valence-electron chi connectivity index (χ1n) is 6.85. The van der Waals surface area contributed by atoms with Gasteiger partial charge in [-0.2, -0.15) is 5.26 Å². The van der Waals surface area contributed by atoms with Gasteiger partial charge in [0.2, 0.25) is 0 Å². The Balaban J connectivity index is 2.13. The lowest BCUT2D eigenvalue weighted by Gasteiger charge is -2.04. The standard InChI is InChI=1S/C18H14N2O3/c1-13(21)23-17-9-7-14(8-10-17)11-15(12-19)18(22)20-16-5-3-2-4-6-16/h2-11H,1H3,(H,20,22)/b15-11+. The smallest absolute Gasteiger partial charge is 0.308 e. The van der Waals surface area contributed by atoms with Crippen molar-refractivity contribution < 1.29 is 14.3 Å². The lowest BCUT2D eigenvalue weighted by molar-refractivity contribution is -0.131. The van der Waals surface area contributed by atoms with Gasteiger partial charge in [-0.3, -0.25) is 9.59 Å². The maximum absolute atomic E-state index is 12.1. The Labute approximate surface area is 133 Å². The van der Waals surface area contributed by atoms with Gasteiger partial charge in [0.1, 0.15) is 17.4 Å². The van der Waals surface area contributed by atoms with Gasteiger partial charge in [0.05, 0.1) is 0 Å². The third-order valence-corrected chi connectivity index (χ3v) is 2.85. The minimum absolute atomic E-state index is 0.0194. The molecule has 2 rings (SSSR count). The van der Waals surface area contributed by atoms with Crippen molar-refractivity contribution in [3.63, 3.8) is 0 Å². The van der Waals surface area contributed by atoms with Crippen molar-refractivity contribution in [1.29, 1.82) is 5.26 Å². The van der Waals surface area contributed by atoms with Crippen LogP contribution in [-0.2, 0) is 9.59 Å². The molecule has 5 heteroatoms. The van der Waals surface area contributed by atoms with E-state index in [1.165, 1.54) is 13.0 Å². The highest BCUT2D eigenvalue weighted by Gasteiger charge is 2.09. The minimum atomic E-state index is -0.484. The van der Waals surface area contributed by atoms with Crippen LogP contribution in [0.1, 0.15) is 12.5 Å². The van der Waals surface area contributed by atoms with E-state index >= 15 is 0 Å². The van der Waals surface area contributed by atoms with Crippen LogP contribution in [0.4, 0.5) is 5.69 Å². The highest BCUT2D eigenvalue weighted by molar-refractivity contribution is 6.09. The summed E-state index contributed by atoms with van der Waals surface area (Å²) < 4.78 is 4.92. The van der Waals surface area contributed by atoms with Crippen molar-refractivity contribution >= 4 is 23.6 Å². The van der Waals surface area contributed by atoms with Gasteiger partial charge < -0.3 is 10.1 Å². The number of nitrogens with zero attached hydrogens (tertiary/aromatic N) is 1. The fourth-order valence-electron chi connectivity index (χ4n) is 1.83. The molecule has 0 aromatic heterocycles. The van der Waals surface area contributed by atoms with Crippen LogP contribution in [0.3, 0.4) is 0 Å². The first kappa shape index (κ1) is 16.0. The molecule has 0 atom stereocenters. The molecule has 2 aromatic carbocycles. The third-order valence-electron chi connectivity index (χ3n) is 2.85. The van der Waals surface area contributed by atoms with E-state index in [-0.39, 0.29) is 5.57 Å². The van der Waals surface area contributed by atoms with Crippen LogP contribution in [0.2, 0.25) is 0 Å². The maximum Gasteiger partial charge on any atom is 0.308 e. The van der Waals surface area contributed by atoms with E-state index in [1.54, 1.807) is 48.5 Å². The van der Waals surface area contributed by atoms with Gasteiger partial charge in [-0.15, -0.1) is 0 Å². The minimum Gasteiger partial charge on any atom is -0.427 e. The number of carbonyl (C=O) groups excluding carboxylic acids is 2. The van der Waals surface area contributed by atoms with E-state index in [2.05, 4.69) is 5.32 Å². The van der Waals surface area contributed by atoms with E-state index in [4.69, 9.17) is 10.00 Å². The molecule has 0 unspecified atom stereocenters. The number of ether oxygens (including phenoxy) is 1. The van der Waals surface area contributed by atoms with Crippen LogP contribution in [0.25, 0.3) is 6.08 Å². The van der Waals surface area contributed by atoms with Crippen molar-refractivity contribution in [2.24, 2.45) is 0 Å². The summed E-state index contributed by atoms with van der Waals surface area (Å²) in [5.74, 6) is -0.488. The van der Waals surface area contributed by atoms with Gasteiger partial charge >= 0.3 is 5.97 Å². The largest absolute Gasteiger partial charge is 0.427 e. The molecule has 1 N–H and O–H groups in total. The molecule has 0 saturated carbocycles. The summed E-state index contributed by atoms with van der Waals surface area (Å²) in [6.07, 6.45) is 1.47. The van der Waals surface area contributed by atoms with Gasteiger partial charge in [0, 0.05) is 12.6 Å². The first-order valence-corrected chi connectivity index (χ1v) is 6.85. The number of hydrogen-bond donors (Lipinski definition) is 1. The van der Waals surface area contributed by atoms with Crippen molar-refractivity contribution in [1.82, 2.24) is 0 Å². The maximum atomic E-state index is 12.1. The van der Waals surface area contributed by atoms with Crippen LogP contribution in [-0.4, -0.2) is 11.9 Å². The highest BCUT2D eigenvalue weighted by Crippen LogP contribution is 2.15.